The third-order valence-corrected chi connectivity index (χ3v) is 4.48. The van der Waals surface area contributed by atoms with Crippen molar-refractivity contribution in [3.05, 3.63) is 47.5 Å². The molecule has 3 atom stereocenters. The highest BCUT2D eigenvalue weighted by Gasteiger charge is 2.36. The van der Waals surface area contributed by atoms with Crippen LogP contribution in [-0.2, 0) is 5.41 Å². The zero-order valence-corrected chi connectivity index (χ0v) is 11.1. The predicted octanol–water partition coefficient (Wildman–Crippen LogP) is 4.66. The van der Waals surface area contributed by atoms with Crippen LogP contribution in [0.5, 0.6) is 0 Å². The monoisotopic (exact) mass is 226 g/mol. The molecule has 0 saturated heterocycles. The predicted molar refractivity (Wildman–Crippen MR) is 73.2 cm³/mol. The van der Waals surface area contributed by atoms with E-state index in [1.54, 1.807) is 5.56 Å². The van der Waals surface area contributed by atoms with Gasteiger partial charge in [-0.05, 0) is 47.1 Å². The van der Waals surface area contributed by atoms with Crippen molar-refractivity contribution in [3.8, 4) is 0 Å². The highest BCUT2D eigenvalue weighted by molar-refractivity contribution is 5.32. The first-order valence-electron chi connectivity index (χ1n) is 6.83. The molecule has 90 valence electrons. The Morgan fingerprint density at radius 1 is 0.941 bits per heavy atom. The van der Waals surface area contributed by atoms with Crippen molar-refractivity contribution in [2.45, 2.75) is 44.9 Å². The lowest BCUT2D eigenvalue weighted by molar-refractivity contribution is 0.576. The summed E-state index contributed by atoms with van der Waals surface area (Å²) in [4.78, 5) is 0. The fourth-order valence-corrected chi connectivity index (χ4v) is 3.39. The highest BCUT2D eigenvalue weighted by Crippen LogP contribution is 2.48. The van der Waals surface area contributed by atoms with Crippen LogP contribution in [0.15, 0.2) is 36.4 Å². The van der Waals surface area contributed by atoms with Gasteiger partial charge in [0.15, 0.2) is 0 Å². The van der Waals surface area contributed by atoms with Gasteiger partial charge in [0.2, 0.25) is 0 Å². The zero-order valence-electron chi connectivity index (χ0n) is 11.1. The third-order valence-electron chi connectivity index (χ3n) is 4.48. The summed E-state index contributed by atoms with van der Waals surface area (Å²) in [6.45, 7) is 6.84. The second-order valence-electron chi connectivity index (χ2n) is 6.76. The van der Waals surface area contributed by atoms with Crippen molar-refractivity contribution < 1.29 is 0 Å². The Kier molecular flexibility index (Phi) is 2.43. The van der Waals surface area contributed by atoms with Gasteiger partial charge < -0.3 is 0 Å². The number of hydrogen-bond acceptors (Lipinski definition) is 0. The highest BCUT2D eigenvalue weighted by atomic mass is 14.4. The molecule has 0 nitrogen and oxygen atoms in total. The zero-order chi connectivity index (χ0) is 12.0. The minimum Gasteiger partial charge on any atom is -0.0851 e. The van der Waals surface area contributed by atoms with Gasteiger partial charge in [-0.15, -0.1) is 0 Å². The van der Waals surface area contributed by atoms with Crippen LogP contribution >= 0.6 is 0 Å². The van der Waals surface area contributed by atoms with E-state index in [1.165, 1.54) is 18.4 Å². The van der Waals surface area contributed by atoms with Gasteiger partial charge in [-0.3, -0.25) is 0 Å². The van der Waals surface area contributed by atoms with Crippen molar-refractivity contribution in [1.82, 2.24) is 0 Å². The summed E-state index contributed by atoms with van der Waals surface area (Å²) >= 11 is 0. The molecule has 2 unspecified atom stereocenters. The molecule has 0 heteroatoms. The SMILES string of the molecule is CC(C)(C)c1ccc([C@H]2CC3C=CC2C3)cc1. The molecule has 0 amide bonds. The summed E-state index contributed by atoms with van der Waals surface area (Å²) in [5.41, 5.74) is 3.27. The van der Waals surface area contributed by atoms with Gasteiger partial charge >= 0.3 is 0 Å². The minimum atomic E-state index is 0.271. The van der Waals surface area contributed by atoms with Gasteiger partial charge in [-0.2, -0.15) is 0 Å². The molecule has 0 radical (unpaired) electrons. The van der Waals surface area contributed by atoms with Gasteiger partial charge in [-0.25, -0.2) is 0 Å². The van der Waals surface area contributed by atoms with Crippen LogP contribution < -0.4 is 0 Å². The van der Waals surface area contributed by atoms with Crippen LogP contribution in [0, 0.1) is 11.8 Å². The Labute approximate surface area is 105 Å². The van der Waals surface area contributed by atoms with E-state index >= 15 is 0 Å². The molecule has 0 spiro atoms. The first-order valence-corrected chi connectivity index (χ1v) is 6.83. The average molecular weight is 226 g/mol. The lowest BCUT2D eigenvalue weighted by Gasteiger charge is -2.22. The van der Waals surface area contributed by atoms with Crippen LogP contribution in [-0.4, -0.2) is 0 Å². The molecule has 2 aliphatic carbocycles. The Balaban J connectivity index is 1.84. The Morgan fingerprint density at radius 2 is 1.65 bits per heavy atom. The van der Waals surface area contributed by atoms with Gasteiger partial charge in [-0.1, -0.05) is 57.2 Å². The Bertz CT molecular complexity index is 430. The van der Waals surface area contributed by atoms with Gasteiger partial charge in [0, 0.05) is 0 Å². The number of rotatable bonds is 1. The maximum absolute atomic E-state index is 2.44. The molecule has 0 N–H and O–H groups in total. The topological polar surface area (TPSA) is 0 Å². The molecule has 1 aromatic carbocycles. The molecule has 0 heterocycles. The number of fused-ring (bicyclic) bond motifs is 2. The molecule has 17 heavy (non-hydrogen) atoms. The molecule has 0 aliphatic heterocycles. The largest absolute Gasteiger partial charge is 0.0851 e. The Hall–Kier alpha value is -1.04. The Morgan fingerprint density at radius 3 is 2.12 bits per heavy atom. The van der Waals surface area contributed by atoms with Gasteiger partial charge in [0.25, 0.3) is 0 Å². The van der Waals surface area contributed by atoms with Crippen LogP contribution in [0.3, 0.4) is 0 Å². The third kappa shape index (κ3) is 1.94. The molecule has 1 saturated carbocycles. The van der Waals surface area contributed by atoms with Crippen LogP contribution in [0.1, 0.15) is 50.7 Å². The maximum atomic E-state index is 2.44. The maximum Gasteiger partial charge on any atom is -0.00932 e. The van der Waals surface area contributed by atoms with Gasteiger partial charge in [0.1, 0.15) is 0 Å². The van der Waals surface area contributed by atoms with E-state index in [0.717, 1.165) is 17.8 Å². The first kappa shape index (κ1) is 11.1. The van der Waals surface area contributed by atoms with Crippen LogP contribution in [0.4, 0.5) is 0 Å². The van der Waals surface area contributed by atoms with Crippen LogP contribution in [0.2, 0.25) is 0 Å². The summed E-state index contributed by atoms with van der Waals surface area (Å²) in [5.74, 6) is 2.48. The minimum absolute atomic E-state index is 0.271. The van der Waals surface area contributed by atoms with E-state index in [4.69, 9.17) is 0 Å². The van der Waals surface area contributed by atoms with E-state index in [1.807, 2.05) is 0 Å². The lowest BCUT2D eigenvalue weighted by Crippen LogP contribution is -2.11. The van der Waals surface area contributed by atoms with E-state index in [-0.39, 0.29) is 5.41 Å². The second kappa shape index (κ2) is 3.73. The number of hydrogen-bond donors (Lipinski definition) is 0. The standard InChI is InChI=1S/C17H22/c1-17(2,3)15-8-6-13(7-9-15)16-11-12-4-5-14(16)10-12/h4-9,12,14,16H,10-11H2,1-3H3/t12?,14?,16-/m1/s1. The smallest absolute Gasteiger partial charge is 0.00932 e. The van der Waals surface area contributed by atoms with Crippen molar-refractivity contribution in [1.29, 1.82) is 0 Å². The van der Waals surface area contributed by atoms with Crippen LogP contribution in [0.25, 0.3) is 0 Å². The summed E-state index contributed by atoms with van der Waals surface area (Å²) in [5, 5.41) is 0. The average Bonchev–Trinajstić information content (AvgIpc) is 2.89. The summed E-state index contributed by atoms with van der Waals surface area (Å²) in [6, 6.07) is 9.37. The van der Waals surface area contributed by atoms with Crippen molar-refractivity contribution >= 4 is 0 Å². The first-order chi connectivity index (χ1) is 8.04. The quantitative estimate of drug-likeness (QED) is 0.611. The second-order valence-corrected chi connectivity index (χ2v) is 6.76. The van der Waals surface area contributed by atoms with Gasteiger partial charge in [0.05, 0.1) is 0 Å². The van der Waals surface area contributed by atoms with E-state index in [0.29, 0.717) is 0 Å². The molecular formula is C17H22. The number of benzene rings is 1. The fourth-order valence-electron chi connectivity index (χ4n) is 3.39. The molecule has 0 aromatic heterocycles. The molecule has 2 bridgehead atoms. The lowest BCUT2D eigenvalue weighted by atomic mass is 9.83. The van der Waals surface area contributed by atoms with Crippen molar-refractivity contribution in [2.75, 3.05) is 0 Å². The van der Waals surface area contributed by atoms with Crippen molar-refractivity contribution in [3.63, 3.8) is 0 Å². The fraction of sp³-hybridized carbons (Fsp3) is 0.529. The van der Waals surface area contributed by atoms with E-state index < -0.39 is 0 Å². The molecule has 3 rings (SSSR count). The summed E-state index contributed by atoms with van der Waals surface area (Å²) in [7, 11) is 0. The number of allylic oxidation sites excluding steroid dienone is 2. The van der Waals surface area contributed by atoms with E-state index in [9.17, 15) is 0 Å². The molecular weight excluding hydrogens is 204 g/mol. The normalized spacial score (nSPS) is 31.1. The summed E-state index contributed by atoms with van der Waals surface area (Å²) in [6.07, 6.45) is 7.63. The summed E-state index contributed by atoms with van der Waals surface area (Å²) < 4.78 is 0. The molecule has 2 aliphatic rings. The van der Waals surface area contributed by atoms with E-state index in [2.05, 4.69) is 57.2 Å². The molecule has 1 aromatic rings. The van der Waals surface area contributed by atoms with Crippen molar-refractivity contribution in [2.24, 2.45) is 11.8 Å². The molecule has 1 fully saturated rings.